The third-order valence-corrected chi connectivity index (χ3v) is 17.7. The van der Waals surface area contributed by atoms with E-state index in [9.17, 15) is 33.6 Å². The van der Waals surface area contributed by atoms with Gasteiger partial charge in [0, 0.05) is 78.8 Å². The maximum atomic E-state index is 14.9. The maximum Gasteiger partial charge on any atom is 0.243 e. The predicted molar refractivity (Wildman–Crippen MR) is 429 cm³/mol. The van der Waals surface area contributed by atoms with Gasteiger partial charge in [-0.1, -0.05) is 92.9 Å². The zero-order valence-electron chi connectivity index (χ0n) is 71.2. The second kappa shape index (κ2) is 50.9. The minimum atomic E-state index is -0.981. The molecule has 103 heavy (non-hydrogen) atoms. The van der Waals surface area contributed by atoms with Gasteiger partial charge in [0.15, 0.2) is 5.78 Å². The Bertz CT molecular complexity index is 2330. The monoisotopic (exact) mass is 1460 g/mol. The molecule has 0 aliphatic carbocycles. The molecular formula is C83H165N11O9. The highest BCUT2D eigenvalue weighted by Gasteiger charge is 2.33. The third-order valence-electron chi connectivity index (χ3n) is 17.7. The second-order valence-corrected chi connectivity index (χ2v) is 38.5. The zero-order valence-corrected chi connectivity index (χ0v) is 71.2. The van der Waals surface area contributed by atoms with Crippen LogP contribution in [-0.2, 0) is 43.0 Å². The van der Waals surface area contributed by atoms with Gasteiger partial charge in [0.1, 0.15) is 17.9 Å². The standard InChI is InChI=1S/C83H165N11O9/c1-76(2,3)52-36-27-29-48-67(93-82(19,20)21)73(99)85-54-38-33-47-66(91-75(101)68(94-83(22,23)24)49-35-41-57-88-80(13,14)15)74(100)89-63(69(95)51-42-58-103-60-59-102-25)44-32-37-53-84-72(98)65(90-71(97)62(61-77(4,5)6)43-31-39-55-86-78(7,8)9)46-28-26-30-50-70(96)64(92-81(16,17)18)45-34-40-56-87-79(10,11)12/h62-68,86-88,92-94H,26-61H2,1-25H3,(H,84,98)(H,85,99)(H,89,100)(H,90,97)(H,91,101). The molecule has 0 rings (SSSR count). The number of nitrogens with one attached hydrogen (secondary N) is 11. The molecule has 20 nitrogen and oxygen atoms in total. The Morgan fingerprint density at radius 2 is 0.631 bits per heavy atom. The number of hydrogen-bond acceptors (Lipinski definition) is 15. The molecule has 7 unspecified atom stereocenters. The highest BCUT2D eigenvalue weighted by Crippen LogP contribution is 2.29. The van der Waals surface area contributed by atoms with Crippen LogP contribution in [0.1, 0.15) is 346 Å². The fourth-order valence-corrected chi connectivity index (χ4v) is 12.6. The number of ether oxygens (including phenoxy) is 2. The van der Waals surface area contributed by atoms with Crippen molar-refractivity contribution in [2.45, 2.75) is 415 Å². The van der Waals surface area contributed by atoms with Crippen LogP contribution in [0.3, 0.4) is 0 Å². The van der Waals surface area contributed by atoms with Gasteiger partial charge in [-0.15, -0.1) is 0 Å². The quantitative estimate of drug-likeness (QED) is 0.0253. The second-order valence-electron chi connectivity index (χ2n) is 38.5. The van der Waals surface area contributed by atoms with Crippen LogP contribution < -0.4 is 58.5 Å². The Hall–Kier alpha value is -3.63. The predicted octanol–water partition coefficient (Wildman–Crippen LogP) is 13.5. The van der Waals surface area contributed by atoms with Crippen molar-refractivity contribution in [3.63, 3.8) is 0 Å². The number of unbranched alkanes of at least 4 members (excludes halogenated alkanes) is 9. The molecule has 0 aromatic rings. The molecule has 0 spiro atoms. The molecule has 11 N–H and O–H groups in total. The van der Waals surface area contributed by atoms with Gasteiger partial charge in [-0.2, -0.15) is 0 Å². The Kier molecular flexibility index (Phi) is 49.1. The van der Waals surface area contributed by atoms with Crippen LogP contribution in [-0.4, -0.2) is 170 Å². The van der Waals surface area contributed by atoms with Gasteiger partial charge in [-0.05, 0) is 271 Å². The fourth-order valence-electron chi connectivity index (χ4n) is 12.6. The molecule has 0 saturated carbocycles. The Balaban J connectivity index is 6.92. The number of ketones is 2. The molecule has 0 aliphatic rings. The van der Waals surface area contributed by atoms with E-state index in [-0.39, 0.29) is 118 Å². The summed E-state index contributed by atoms with van der Waals surface area (Å²) < 4.78 is 10.9. The number of methoxy groups -OCH3 is 1. The Morgan fingerprint density at radius 3 is 1.08 bits per heavy atom. The molecule has 0 radical (unpaired) electrons. The molecule has 0 heterocycles. The maximum absolute atomic E-state index is 14.9. The smallest absolute Gasteiger partial charge is 0.243 e. The normalized spacial score (nSPS) is 15.0. The lowest BCUT2D eigenvalue weighted by Crippen LogP contribution is -2.57. The average molecular weight is 1460 g/mol. The van der Waals surface area contributed by atoms with Crippen molar-refractivity contribution in [3.05, 3.63) is 0 Å². The lowest BCUT2D eigenvalue weighted by molar-refractivity contribution is -0.132. The first-order valence-corrected chi connectivity index (χ1v) is 40.7. The summed E-state index contributed by atoms with van der Waals surface area (Å²) in [7, 11) is 1.60. The molecule has 0 aromatic carbocycles. The van der Waals surface area contributed by atoms with Crippen LogP contribution in [0, 0.1) is 16.7 Å². The first-order valence-electron chi connectivity index (χ1n) is 40.7. The molecule has 0 bridgehead atoms. The molecule has 0 aromatic heterocycles. The van der Waals surface area contributed by atoms with E-state index in [1.165, 1.54) is 0 Å². The molecule has 7 atom stereocenters. The van der Waals surface area contributed by atoms with E-state index in [4.69, 9.17) is 9.47 Å². The SMILES string of the molecule is COCCOCCCC(=O)C(CCCCNC(=O)C(CCCCCC(=O)C(CCCCNC(C)(C)C)NC(C)(C)C)NC(=O)C(CCCCNC(C)(C)C)CC(C)(C)C)NC(=O)C(CCCCNC(=O)C(CCCCCC(C)(C)C)NC(C)(C)C)NC(=O)C(CCCCNC(C)(C)C)NC(C)(C)C. The molecule has 606 valence electrons. The minimum absolute atomic E-state index is 0.00738. The number of carbonyl (C=O) groups is 7. The summed E-state index contributed by atoms with van der Waals surface area (Å²) in [6.45, 7) is 55.4. The molecule has 5 amide bonds. The van der Waals surface area contributed by atoms with Gasteiger partial charge >= 0.3 is 0 Å². The summed E-state index contributed by atoms with van der Waals surface area (Å²) in [4.78, 5) is 100. The largest absolute Gasteiger partial charge is 0.382 e. The van der Waals surface area contributed by atoms with Crippen molar-refractivity contribution < 1.29 is 43.0 Å². The van der Waals surface area contributed by atoms with Crippen molar-refractivity contribution >= 4 is 41.1 Å². The summed E-state index contributed by atoms with van der Waals surface area (Å²) >= 11 is 0. The van der Waals surface area contributed by atoms with E-state index in [0.29, 0.717) is 103 Å². The lowest BCUT2D eigenvalue weighted by Gasteiger charge is -2.30. The number of rotatable bonds is 57. The van der Waals surface area contributed by atoms with Crippen molar-refractivity contribution in [2.75, 3.05) is 59.7 Å². The van der Waals surface area contributed by atoms with Crippen molar-refractivity contribution in [3.8, 4) is 0 Å². The Morgan fingerprint density at radius 1 is 0.291 bits per heavy atom. The van der Waals surface area contributed by atoms with Gasteiger partial charge in [0.2, 0.25) is 29.5 Å². The zero-order chi connectivity index (χ0) is 78.7. The van der Waals surface area contributed by atoms with Crippen molar-refractivity contribution in [1.29, 1.82) is 0 Å². The van der Waals surface area contributed by atoms with E-state index in [2.05, 4.69) is 204 Å². The van der Waals surface area contributed by atoms with E-state index < -0.39 is 35.6 Å². The number of hydrogen-bond donors (Lipinski definition) is 11. The number of carbonyl (C=O) groups excluding carboxylic acids is 7. The first-order chi connectivity index (χ1) is 47.5. The van der Waals surface area contributed by atoms with Crippen LogP contribution >= 0.6 is 0 Å². The van der Waals surface area contributed by atoms with Crippen LogP contribution in [0.15, 0.2) is 0 Å². The highest BCUT2D eigenvalue weighted by molar-refractivity contribution is 5.94. The van der Waals surface area contributed by atoms with Gasteiger partial charge in [0.05, 0.1) is 37.4 Å². The summed E-state index contributed by atoms with van der Waals surface area (Å²) in [6, 6.07) is -3.85. The van der Waals surface area contributed by atoms with E-state index in [0.717, 1.165) is 103 Å². The Labute approximate surface area is 631 Å². The lowest BCUT2D eigenvalue weighted by atomic mass is 9.82. The summed E-state index contributed by atoms with van der Waals surface area (Å²) in [5.41, 5.74) is -0.766. The third kappa shape index (κ3) is 59.1. The first kappa shape index (κ1) is 99.4. The molecule has 0 saturated heterocycles. The van der Waals surface area contributed by atoms with Crippen LogP contribution in [0.25, 0.3) is 0 Å². The average Bonchev–Trinajstić information content (AvgIpc) is 0.877. The van der Waals surface area contributed by atoms with Gasteiger partial charge in [0.25, 0.3) is 0 Å². The topological polar surface area (TPSA) is 270 Å². The van der Waals surface area contributed by atoms with Crippen molar-refractivity contribution in [1.82, 2.24) is 58.5 Å². The van der Waals surface area contributed by atoms with E-state index >= 15 is 0 Å². The van der Waals surface area contributed by atoms with E-state index in [1.807, 2.05) is 20.8 Å². The van der Waals surface area contributed by atoms with Gasteiger partial charge < -0.3 is 68.0 Å². The minimum Gasteiger partial charge on any atom is -0.382 e. The molecular weight excluding hydrogens is 1290 g/mol. The summed E-state index contributed by atoms with van der Waals surface area (Å²) in [6.07, 6.45) is 19.0. The van der Waals surface area contributed by atoms with Crippen LogP contribution in [0.2, 0.25) is 0 Å². The van der Waals surface area contributed by atoms with Crippen molar-refractivity contribution in [2.24, 2.45) is 16.7 Å². The highest BCUT2D eigenvalue weighted by atomic mass is 16.5. The van der Waals surface area contributed by atoms with Crippen LogP contribution in [0.5, 0.6) is 0 Å². The van der Waals surface area contributed by atoms with Gasteiger partial charge in [-0.25, -0.2) is 0 Å². The summed E-state index contributed by atoms with van der Waals surface area (Å²) in [5, 5.41) is 37.1. The molecule has 0 fully saturated rings. The number of amides is 5. The van der Waals surface area contributed by atoms with E-state index in [1.54, 1.807) is 7.11 Å². The van der Waals surface area contributed by atoms with Gasteiger partial charge in [-0.3, -0.25) is 33.6 Å². The fraction of sp³-hybridized carbons (Fsp3) is 0.916. The number of Topliss-reactive ketones (excluding diaryl/α,β-unsaturated/α-hetero) is 2. The molecule has 20 heteroatoms. The van der Waals surface area contributed by atoms with Crippen LogP contribution in [0.4, 0.5) is 0 Å². The summed E-state index contributed by atoms with van der Waals surface area (Å²) in [5.74, 6) is -1.44. The molecule has 0 aliphatic heterocycles.